The monoisotopic (exact) mass is 380 g/mol. The van der Waals surface area contributed by atoms with Gasteiger partial charge in [0, 0.05) is 17.0 Å². The molecule has 1 unspecified atom stereocenters. The van der Waals surface area contributed by atoms with E-state index in [4.69, 9.17) is 4.98 Å². The second kappa shape index (κ2) is 6.44. The van der Waals surface area contributed by atoms with E-state index in [1.54, 1.807) is 0 Å². The highest BCUT2D eigenvalue weighted by Crippen LogP contribution is 2.52. The number of benzene rings is 1. The van der Waals surface area contributed by atoms with Crippen molar-refractivity contribution in [3.05, 3.63) is 35.9 Å². The molecule has 144 valence electrons. The predicted molar refractivity (Wildman–Crippen MR) is 116 cm³/mol. The van der Waals surface area contributed by atoms with E-state index in [2.05, 4.69) is 63.0 Å². The zero-order valence-electron chi connectivity index (χ0n) is 17.4. The number of carbonyl (C=O) groups is 1. The minimum Gasteiger partial charge on any atom is -0.293 e. The van der Waals surface area contributed by atoms with Crippen LogP contribution in [0.4, 0.5) is 5.82 Å². The van der Waals surface area contributed by atoms with Crippen molar-refractivity contribution in [3.63, 3.8) is 0 Å². The van der Waals surface area contributed by atoms with Gasteiger partial charge < -0.3 is 0 Å². The second-order valence-electron chi connectivity index (χ2n) is 10.00. The van der Waals surface area contributed by atoms with Crippen LogP contribution >= 0.6 is 0 Å². The Labute approximate surface area is 164 Å². The number of rotatable bonds is 2. The number of para-hydroxylation sites is 1. The highest BCUT2D eigenvalue weighted by molar-refractivity contribution is 6.84. The molecule has 2 heterocycles. The Morgan fingerprint density at radius 1 is 1.07 bits per heavy atom. The predicted octanol–water partition coefficient (Wildman–Crippen LogP) is 6.05. The molecular weight excluding hydrogens is 348 g/mol. The van der Waals surface area contributed by atoms with Crippen LogP contribution in [0.15, 0.2) is 30.3 Å². The molecule has 1 fully saturated rings. The molecule has 4 heteroatoms. The first-order valence-corrected chi connectivity index (χ1v) is 13.5. The largest absolute Gasteiger partial charge is 0.293 e. The molecule has 0 radical (unpaired) electrons. The number of hydrogen-bond acceptors (Lipinski definition) is 2. The molecule has 2 aliphatic rings. The van der Waals surface area contributed by atoms with Gasteiger partial charge in [-0.05, 0) is 30.0 Å². The first kappa shape index (κ1) is 18.7. The van der Waals surface area contributed by atoms with Crippen LogP contribution in [-0.4, -0.2) is 25.0 Å². The van der Waals surface area contributed by atoms with E-state index in [9.17, 15) is 4.79 Å². The molecule has 1 aliphatic heterocycles. The lowest BCUT2D eigenvalue weighted by molar-refractivity contribution is -0.118. The van der Waals surface area contributed by atoms with Gasteiger partial charge in [-0.15, -0.1) is 0 Å². The number of nitrogens with zero attached hydrogens (tertiary/aromatic N) is 2. The van der Waals surface area contributed by atoms with Crippen molar-refractivity contribution < 1.29 is 4.79 Å². The summed E-state index contributed by atoms with van der Waals surface area (Å²) in [7, 11) is -1.91. The maximum Gasteiger partial charge on any atom is 0.233 e. The maximum absolute atomic E-state index is 13.9. The van der Waals surface area contributed by atoms with Crippen molar-refractivity contribution in [1.82, 2.24) is 4.98 Å². The molecule has 1 aromatic carbocycles. The van der Waals surface area contributed by atoms with Crippen molar-refractivity contribution in [2.24, 2.45) is 0 Å². The zero-order valence-corrected chi connectivity index (χ0v) is 18.4. The molecule has 27 heavy (non-hydrogen) atoms. The molecule has 4 rings (SSSR count). The van der Waals surface area contributed by atoms with Crippen LogP contribution in [0.25, 0.3) is 10.9 Å². The van der Waals surface area contributed by atoms with Crippen LogP contribution in [0.2, 0.25) is 18.1 Å². The summed E-state index contributed by atoms with van der Waals surface area (Å²) in [4.78, 5) is 21.0. The fraction of sp³-hybridized carbons (Fsp3) is 0.565. The normalized spacial score (nSPS) is 21.7. The van der Waals surface area contributed by atoms with Gasteiger partial charge >= 0.3 is 0 Å². The quantitative estimate of drug-likeness (QED) is 0.595. The Hall–Kier alpha value is -1.68. The minimum atomic E-state index is -1.91. The Kier molecular flexibility index (Phi) is 4.45. The van der Waals surface area contributed by atoms with Crippen LogP contribution in [-0.2, 0) is 4.79 Å². The van der Waals surface area contributed by atoms with E-state index in [0.717, 1.165) is 29.6 Å². The van der Waals surface area contributed by atoms with Gasteiger partial charge in [0.25, 0.3) is 0 Å². The third-order valence-corrected chi connectivity index (χ3v) is 13.2. The Bertz CT molecular complexity index is 878. The first-order valence-electron chi connectivity index (χ1n) is 10.4. The summed E-state index contributed by atoms with van der Waals surface area (Å²) in [6, 6.07) is 10.9. The summed E-state index contributed by atoms with van der Waals surface area (Å²) in [6.07, 6.45) is 5.97. The Morgan fingerprint density at radius 3 is 2.41 bits per heavy atom. The van der Waals surface area contributed by atoms with Crippen molar-refractivity contribution in [2.75, 3.05) is 4.90 Å². The van der Waals surface area contributed by atoms with E-state index in [1.165, 1.54) is 24.8 Å². The van der Waals surface area contributed by atoms with E-state index in [1.807, 2.05) is 6.07 Å². The van der Waals surface area contributed by atoms with Crippen molar-refractivity contribution in [2.45, 2.75) is 82.6 Å². The van der Waals surface area contributed by atoms with Gasteiger partial charge in [0.2, 0.25) is 5.91 Å². The molecule has 1 aliphatic carbocycles. The van der Waals surface area contributed by atoms with E-state index in [0.29, 0.717) is 11.9 Å². The lowest BCUT2D eigenvalue weighted by Gasteiger charge is -2.41. The Balaban J connectivity index is 1.90. The first-order chi connectivity index (χ1) is 12.7. The SMILES string of the molecule is CC(C)(C)[Si](C)(C)C1C(=O)N(C2CCCCC2)c2nc3ccccc3cc21. The number of aromatic nitrogens is 1. The molecule has 1 aromatic heterocycles. The maximum atomic E-state index is 13.9. The number of anilines is 1. The van der Waals surface area contributed by atoms with Gasteiger partial charge in [0.05, 0.1) is 19.1 Å². The van der Waals surface area contributed by atoms with Gasteiger partial charge in [-0.25, -0.2) is 4.98 Å². The highest BCUT2D eigenvalue weighted by atomic mass is 28.3. The Morgan fingerprint density at radius 2 is 1.74 bits per heavy atom. The van der Waals surface area contributed by atoms with Crippen molar-refractivity contribution >= 4 is 30.7 Å². The fourth-order valence-corrected chi connectivity index (χ4v) is 7.34. The summed E-state index contributed by atoms with van der Waals surface area (Å²) in [5.41, 5.74) is 2.20. The average Bonchev–Trinajstić information content (AvgIpc) is 2.90. The molecule has 3 nitrogen and oxygen atoms in total. The van der Waals surface area contributed by atoms with Gasteiger partial charge in [-0.2, -0.15) is 0 Å². The van der Waals surface area contributed by atoms with Gasteiger partial charge in [-0.1, -0.05) is 71.3 Å². The molecule has 0 saturated heterocycles. The number of hydrogen-bond donors (Lipinski definition) is 0. The summed E-state index contributed by atoms with van der Waals surface area (Å²) in [5, 5.41) is 1.30. The lowest BCUT2D eigenvalue weighted by Crippen LogP contribution is -2.50. The smallest absolute Gasteiger partial charge is 0.233 e. The summed E-state index contributed by atoms with van der Waals surface area (Å²) in [5.74, 6) is 1.28. The summed E-state index contributed by atoms with van der Waals surface area (Å²) < 4.78 is 0. The standard InChI is InChI=1S/C23H32N2OSi/c1-23(2,3)27(4,5)20-18-15-16-11-9-10-14-19(16)24-21(18)25(22(20)26)17-12-7-6-8-13-17/h9-11,14-15,17,20H,6-8,12-13H2,1-5H3. The summed E-state index contributed by atoms with van der Waals surface area (Å²) in [6.45, 7) is 11.7. The third kappa shape index (κ3) is 2.93. The van der Waals surface area contributed by atoms with Crippen molar-refractivity contribution in [3.8, 4) is 0 Å². The molecule has 1 saturated carbocycles. The van der Waals surface area contributed by atoms with E-state index in [-0.39, 0.29) is 10.6 Å². The van der Waals surface area contributed by atoms with Gasteiger partial charge in [-0.3, -0.25) is 9.69 Å². The van der Waals surface area contributed by atoms with Crippen LogP contribution in [0.1, 0.15) is 64.0 Å². The van der Waals surface area contributed by atoms with Crippen LogP contribution in [0, 0.1) is 0 Å². The molecule has 0 spiro atoms. The van der Waals surface area contributed by atoms with Gasteiger partial charge in [0.1, 0.15) is 5.82 Å². The van der Waals surface area contributed by atoms with Gasteiger partial charge in [0.15, 0.2) is 0 Å². The lowest BCUT2D eigenvalue weighted by atomic mass is 9.94. The highest BCUT2D eigenvalue weighted by Gasteiger charge is 2.54. The van der Waals surface area contributed by atoms with E-state index >= 15 is 0 Å². The number of fused-ring (bicyclic) bond motifs is 2. The topological polar surface area (TPSA) is 33.2 Å². The molecular formula is C23H32N2OSi. The molecule has 0 bridgehead atoms. The van der Waals surface area contributed by atoms with Crippen LogP contribution in [0.5, 0.6) is 0 Å². The second-order valence-corrected chi connectivity index (χ2v) is 15.5. The number of pyridine rings is 1. The minimum absolute atomic E-state index is 0.00605. The van der Waals surface area contributed by atoms with Crippen LogP contribution in [0.3, 0.4) is 0 Å². The average molecular weight is 381 g/mol. The third-order valence-electron chi connectivity index (χ3n) is 7.35. The zero-order chi connectivity index (χ0) is 19.4. The van der Waals surface area contributed by atoms with Crippen molar-refractivity contribution in [1.29, 1.82) is 0 Å². The molecule has 2 aromatic rings. The molecule has 1 atom stereocenters. The van der Waals surface area contributed by atoms with E-state index < -0.39 is 8.07 Å². The molecule has 0 N–H and O–H groups in total. The number of carbonyl (C=O) groups excluding carboxylic acids is 1. The molecule has 1 amide bonds. The van der Waals surface area contributed by atoms with Crippen LogP contribution < -0.4 is 4.90 Å². The fourth-order valence-electron chi connectivity index (χ4n) is 4.73. The number of amides is 1. The summed E-state index contributed by atoms with van der Waals surface area (Å²) >= 11 is 0.